The first-order valence-corrected chi connectivity index (χ1v) is 5.24. The molecule has 0 atom stereocenters. The summed E-state index contributed by atoms with van der Waals surface area (Å²) in [6.07, 6.45) is 6.06. The Morgan fingerprint density at radius 2 is 1.86 bits per heavy atom. The number of nitroso groups, excluding NO2 is 1. The Bertz CT molecular complexity index is 234. The smallest absolute Gasteiger partial charge is 0.334 e. The second kappa shape index (κ2) is 3.94. The summed E-state index contributed by atoms with van der Waals surface area (Å²) in [6.45, 7) is 0. The summed E-state index contributed by atoms with van der Waals surface area (Å²) in [6, 6.07) is 0.00815. The molecule has 2 rings (SSSR count). The minimum absolute atomic E-state index is 0.0336. The SMILES string of the molecule is O=NN(C(=O)NC1CC1)C1CCCC1. The number of nitrogens with one attached hydrogen (secondary N) is 1. The molecule has 0 heterocycles. The second-order valence-electron chi connectivity index (χ2n) is 4.09. The van der Waals surface area contributed by atoms with Crippen LogP contribution in [0.5, 0.6) is 0 Å². The molecule has 0 aromatic rings. The molecule has 0 saturated heterocycles. The molecule has 2 amide bonds. The first kappa shape index (κ1) is 9.43. The van der Waals surface area contributed by atoms with E-state index in [0.717, 1.165) is 43.5 Å². The monoisotopic (exact) mass is 197 g/mol. The van der Waals surface area contributed by atoms with Crippen LogP contribution in [0.25, 0.3) is 0 Å². The largest absolute Gasteiger partial charge is 0.340 e. The molecule has 1 N–H and O–H groups in total. The summed E-state index contributed by atoms with van der Waals surface area (Å²) >= 11 is 0. The Hall–Kier alpha value is -1.13. The molecule has 2 aliphatic carbocycles. The molecule has 14 heavy (non-hydrogen) atoms. The van der Waals surface area contributed by atoms with Gasteiger partial charge >= 0.3 is 6.03 Å². The fraction of sp³-hybridized carbons (Fsp3) is 0.889. The van der Waals surface area contributed by atoms with Gasteiger partial charge in [-0.15, -0.1) is 4.91 Å². The highest BCUT2D eigenvalue weighted by Crippen LogP contribution is 2.25. The van der Waals surface area contributed by atoms with Crippen molar-refractivity contribution >= 4 is 6.03 Å². The normalized spacial score (nSPS) is 22.0. The minimum atomic E-state index is -0.311. The number of hydrogen-bond acceptors (Lipinski definition) is 3. The Labute approximate surface area is 82.8 Å². The highest BCUT2D eigenvalue weighted by Gasteiger charge is 2.31. The average molecular weight is 197 g/mol. The van der Waals surface area contributed by atoms with Crippen LogP contribution >= 0.6 is 0 Å². The van der Waals surface area contributed by atoms with Crippen molar-refractivity contribution in [3.8, 4) is 0 Å². The Kier molecular flexibility index (Phi) is 2.65. The van der Waals surface area contributed by atoms with Gasteiger partial charge in [-0.3, -0.25) is 0 Å². The Balaban J connectivity index is 1.89. The predicted molar refractivity (Wildman–Crippen MR) is 51.4 cm³/mol. The van der Waals surface area contributed by atoms with E-state index in [2.05, 4.69) is 10.6 Å². The van der Waals surface area contributed by atoms with Crippen LogP contribution in [0.2, 0.25) is 0 Å². The number of nitrogens with zero attached hydrogens (tertiary/aromatic N) is 2. The molecule has 0 unspecified atom stereocenters. The molecule has 0 radical (unpaired) electrons. The van der Waals surface area contributed by atoms with Gasteiger partial charge in [-0.25, -0.2) is 4.79 Å². The highest BCUT2D eigenvalue weighted by molar-refractivity contribution is 5.74. The summed E-state index contributed by atoms with van der Waals surface area (Å²) in [5.74, 6) is 0. The van der Waals surface area contributed by atoms with Crippen LogP contribution < -0.4 is 5.32 Å². The van der Waals surface area contributed by atoms with Crippen molar-refractivity contribution in [2.75, 3.05) is 0 Å². The van der Waals surface area contributed by atoms with E-state index in [1.54, 1.807) is 0 Å². The lowest BCUT2D eigenvalue weighted by Gasteiger charge is -2.20. The number of carbonyl (C=O) groups excluding carboxylic acids is 1. The van der Waals surface area contributed by atoms with E-state index < -0.39 is 0 Å². The van der Waals surface area contributed by atoms with Crippen molar-refractivity contribution in [2.45, 2.75) is 50.6 Å². The van der Waals surface area contributed by atoms with Crippen molar-refractivity contribution < 1.29 is 4.79 Å². The summed E-state index contributed by atoms with van der Waals surface area (Å²) in [7, 11) is 0. The maximum absolute atomic E-state index is 11.5. The van der Waals surface area contributed by atoms with E-state index in [0.29, 0.717) is 0 Å². The number of carbonyl (C=O) groups is 1. The molecule has 5 nitrogen and oxygen atoms in total. The van der Waals surface area contributed by atoms with Gasteiger partial charge in [0.25, 0.3) is 0 Å². The third-order valence-corrected chi connectivity index (χ3v) is 2.87. The molecule has 78 valence electrons. The van der Waals surface area contributed by atoms with Crippen LogP contribution in [-0.4, -0.2) is 23.1 Å². The van der Waals surface area contributed by atoms with Crippen LogP contribution in [0.1, 0.15) is 38.5 Å². The van der Waals surface area contributed by atoms with Crippen molar-refractivity contribution in [1.82, 2.24) is 10.3 Å². The van der Waals surface area contributed by atoms with E-state index in [-0.39, 0.29) is 18.1 Å². The summed E-state index contributed by atoms with van der Waals surface area (Å²) in [4.78, 5) is 22.1. The van der Waals surface area contributed by atoms with Gasteiger partial charge in [0.15, 0.2) is 0 Å². The predicted octanol–water partition coefficient (Wildman–Crippen LogP) is 1.78. The molecular weight excluding hydrogens is 182 g/mol. The third kappa shape index (κ3) is 2.02. The van der Waals surface area contributed by atoms with Gasteiger partial charge in [0.2, 0.25) is 0 Å². The van der Waals surface area contributed by atoms with E-state index >= 15 is 0 Å². The van der Waals surface area contributed by atoms with Gasteiger partial charge in [-0.05, 0) is 25.7 Å². The van der Waals surface area contributed by atoms with E-state index in [1.807, 2.05) is 0 Å². The molecule has 2 fully saturated rings. The molecule has 0 bridgehead atoms. The highest BCUT2D eigenvalue weighted by atomic mass is 16.3. The minimum Gasteiger partial charge on any atom is -0.334 e. The van der Waals surface area contributed by atoms with E-state index in [1.165, 1.54) is 0 Å². The van der Waals surface area contributed by atoms with Gasteiger partial charge in [0.05, 0.1) is 11.3 Å². The number of hydrogen-bond donors (Lipinski definition) is 1. The van der Waals surface area contributed by atoms with E-state index in [4.69, 9.17) is 0 Å². The molecule has 2 aliphatic rings. The van der Waals surface area contributed by atoms with Crippen LogP contribution in [-0.2, 0) is 0 Å². The fourth-order valence-electron chi connectivity index (χ4n) is 1.89. The van der Waals surface area contributed by atoms with Crippen molar-refractivity contribution in [3.63, 3.8) is 0 Å². The Morgan fingerprint density at radius 1 is 1.21 bits per heavy atom. The molecular formula is C9H15N3O2. The van der Waals surface area contributed by atoms with Crippen LogP contribution in [0, 0.1) is 4.91 Å². The van der Waals surface area contributed by atoms with Crippen LogP contribution in [0.15, 0.2) is 5.29 Å². The first-order valence-electron chi connectivity index (χ1n) is 5.24. The average Bonchev–Trinajstić information content (AvgIpc) is 2.82. The van der Waals surface area contributed by atoms with Crippen molar-refractivity contribution in [2.24, 2.45) is 5.29 Å². The zero-order valence-corrected chi connectivity index (χ0v) is 8.11. The van der Waals surface area contributed by atoms with Crippen LogP contribution in [0.3, 0.4) is 0 Å². The van der Waals surface area contributed by atoms with Gasteiger partial charge in [0.1, 0.15) is 0 Å². The summed E-state index contributed by atoms with van der Waals surface area (Å²) < 4.78 is 0. The zero-order valence-electron chi connectivity index (χ0n) is 8.11. The van der Waals surface area contributed by atoms with Gasteiger partial charge in [0, 0.05) is 6.04 Å². The lowest BCUT2D eigenvalue weighted by molar-refractivity contribution is 0.176. The molecule has 2 saturated carbocycles. The number of urea groups is 1. The number of amides is 2. The zero-order chi connectivity index (χ0) is 9.97. The fourth-order valence-corrected chi connectivity index (χ4v) is 1.89. The quantitative estimate of drug-likeness (QED) is 0.553. The summed E-state index contributed by atoms with van der Waals surface area (Å²) in [5, 5.41) is 6.69. The summed E-state index contributed by atoms with van der Waals surface area (Å²) in [5.41, 5.74) is 0. The molecule has 5 heteroatoms. The van der Waals surface area contributed by atoms with Gasteiger partial charge < -0.3 is 5.32 Å². The van der Waals surface area contributed by atoms with Crippen molar-refractivity contribution in [3.05, 3.63) is 4.91 Å². The van der Waals surface area contributed by atoms with Gasteiger partial charge in [-0.1, -0.05) is 12.8 Å². The molecule has 0 spiro atoms. The third-order valence-electron chi connectivity index (χ3n) is 2.87. The lowest BCUT2D eigenvalue weighted by atomic mass is 10.2. The van der Waals surface area contributed by atoms with E-state index in [9.17, 15) is 9.70 Å². The number of rotatable bonds is 3. The van der Waals surface area contributed by atoms with Crippen molar-refractivity contribution in [1.29, 1.82) is 0 Å². The lowest BCUT2D eigenvalue weighted by Crippen LogP contribution is -2.42. The maximum atomic E-state index is 11.5. The van der Waals surface area contributed by atoms with Crippen LogP contribution in [0.4, 0.5) is 4.79 Å². The Morgan fingerprint density at radius 3 is 2.36 bits per heavy atom. The molecule has 0 aliphatic heterocycles. The second-order valence-corrected chi connectivity index (χ2v) is 4.09. The molecule has 0 aromatic carbocycles. The van der Waals surface area contributed by atoms with Gasteiger partial charge in [-0.2, -0.15) is 5.01 Å². The topological polar surface area (TPSA) is 61.8 Å². The maximum Gasteiger partial charge on any atom is 0.340 e. The standard InChI is InChI=1S/C9H15N3O2/c13-9(10-7-5-6-7)12(11-14)8-3-1-2-4-8/h7-8H,1-6H2,(H,10,13). The first-order chi connectivity index (χ1) is 6.81. The molecule has 0 aromatic heterocycles.